The molecule has 0 saturated carbocycles. The van der Waals surface area contributed by atoms with E-state index >= 15 is 0 Å². The van der Waals surface area contributed by atoms with E-state index in [2.05, 4.69) is 22.4 Å². The molecule has 2 rings (SSSR count). The molecule has 0 spiro atoms. The van der Waals surface area contributed by atoms with Crippen LogP contribution in [0.5, 0.6) is 0 Å². The molecule has 0 aliphatic carbocycles. The number of hydrogen-bond donors (Lipinski definition) is 2. The van der Waals surface area contributed by atoms with Gasteiger partial charge in [0, 0.05) is 25.2 Å². The largest absolute Gasteiger partial charge is 0.391 e. The Kier molecular flexibility index (Phi) is 5.31. The van der Waals surface area contributed by atoms with E-state index in [1.54, 1.807) is 13.3 Å². The van der Waals surface area contributed by atoms with Gasteiger partial charge in [0.1, 0.15) is 6.07 Å². The third-order valence-electron chi connectivity index (χ3n) is 3.57. The van der Waals surface area contributed by atoms with Crippen LogP contribution in [-0.2, 0) is 4.74 Å². The van der Waals surface area contributed by atoms with E-state index in [0.29, 0.717) is 25.1 Å². The zero-order valence-corrected chi connectivity index (χ0v) is 13.2. The number of pyridine rings is 1. The van der Waals surface area contributed by atoms with Crippen molar-refractivity contribution >= 4 is 16.6 Å². The number of nitrogens with one attached hydrogen (secondary N) is 1. The minimum Gasteiger partial charge on any atom is -0.391 e. The Balaban J connectivity index is 2.32. The third-order valence-corrected chi connectivity index (χ3v) is 3.57. The number of benzene rings is 1. The molecule has 1 unspecified atom stereocenters. The highest BCUT2D eigenvalue weighted by atomic mass is 16.5. The molecule has 0 radical (unpaired) electrons. The van der Waals surface area contributed by atoms with E-state index in [-0.39, 0.29) is 0 Å². The quantitative estimate of drug-likeness (QED) is 0.857. The van der Waals surface area contributed by atoms with E-state index in [1.807, 2.05) is 19.9 Å². The van der Waals surface area contributed by atoms with E-state index < -0.39 is 6.10 Å². The molecular formula is C17H21N3O2. The van der Waals surface area contributed by atoms with Crippen LogP contribution in [0.1, 0.15) is 23.1 Å². The SMILES string of the molecule is COCC(O)CCNc1c(C#N)cnc2c(C)cc(C)cc12. The fraction of sp³-hybridized carbons (Fsp3) is 0.412. The summed E-state index contributed by atoms with van der Waals surface area (Å²) in [7, 11) is 1.56. The maximum atomic E-state index is 9.71. The monoisotopic (exact) mass is 299 g/mol. The molecule has 2 N–H and O–H groups in total. The Morgan fingerprint density at radius 1 is 1.41 bits per heavy atom. The second-order valence-corrected chi connectivity index (χ2v) is 5.46. The fourth-order valence-corrected chi connectivity index (χ4v) is 2.58. The second-order valence-electron chi connectivity index (χ2n) is 5.46. The summed E-state index contributed by atoms with van der Waals surface area (Å²) in [6, 6.07) is 6.29. The van der Waals surface area contributed by atoms with Crippen molar-refractivity contribution in [2.24, 2.45) is 0 Å². The lowest BCUT2D eigenvalue weighted by Gasteiger charge is -2.15. The summed E-state index contributed by atoms with van der Waals surface area (Å²) in [5.41, 5.74) is 4.40. The molecule has 0 aliphatic heterocycles. The van der Waals surface area contributed by atoms with Gasteiger partial charge in [-0.1, -0.05) is 11.6 Å². The number of rotatable bonds is 6. The summed E-state index contributed by atoms with van der Waals surface area (Å²) < 4.78 is 4.91. The van der Waals surface area contributed by atoms with Crippen LogP contribution >= 0.6 is 0 Å². The van der Waals surface area contributed by atoms with Gasteiger partial charge >= 0.3 is 0 Å². The van der Waals surface area contributed by atoms with Crippen molar-refractivity contribution in [2.75, 3.05) is 25.6 Å². The van der Waals surface area contributed by atoms with Gasteiger partial charge in [-0.2, -0.15) is 5.26 Å². The normalized spacial score (nSPS) is 12.1. The summed E-state index contributed by atoms with van der Waals surface area (Å²) in [4.78, 5) is 4.39. The van der Waals surface area contributed by atoms with Crippen LogP contribution in [0.25, 0.3) is 10.9 Å². The van der Waals surface area contributed by atoms with Gasteiger partial charge < -0.3 is 15.2 Å². The molecule has 0 aliphatic rings. The number of aliphatic hydroxyl groups excluding tert-OH is 1. The zero-order valence-electron chi connectivity index (χ0n) is 13.2. The van der Waals surface area contributed by atoms with Crippen molar-refractivity contribution in [3.63, 3.8) is 0 Å². The van der Waals surface area contributed by atoms with Gasteiger partial charge in [-0.3, -0.25) is 4.98 Å². The number of nitriles is 1. The molecule has 0 saturated heterocycles. The van der Waals surface area contributed by atoms with Crippen molar-refractivity contribution in [3.05, 3.63) is 35.0 Å². The Bertz CT molecular complexity index is 707. The Morgan fingerprint density at radius 2 is 2.18 bits per heavy atom. The fourth-order valence-electron chi connectivity index (χ4n) is 2.58. The number of ether oxygens (including phenoxy) is 1. The predicted octanol–water partition coefficient (Wildman–Crippen LogP) is 2.53. The van der Waals surface area contributed by atoms with Crippen LogP contribution in [0.4, 0.5) is 5.69 Å². The van der Waals surface area contributed by atoms with Crippen LogP contribution in [0.3, 0.4) is 0 Å². The Morgan fingerprint density at radius 3 is 2.86 bits per heavy atom. The van der Waals surface area contributed by atoms with Crippen molar-refractivity contribution in [2.45, 2.75) is 26.4 Å². The maximum Gasteiger partial charge on any atom is 0.103 e. The molecule has 116 valence electrons. The average molecular weight is 299 g/mol. The Hall–Kier alpha value is -2.16. The molecule has 1 atom stereocenters. The van der Waals surface area contributed by atoms with Crippen molar-refractivity contribution in [1.82, 2.24) is 4.98 Å². The number of aryl methyl sites for hydroxylation is 2. The number of hydrogen-bond acceptors (Lipinski definition) is 5. The second kappa shape index (κ2) is 7.21. The highest BCUT2D eigenvalue weighted by Gasteiger charge is 2.11. The molecule has 0 fully saturated rings. The minimum atomic E-state index is -0.514. The first kappa shape index (κ1) is 16.2. The Labute approximate surface area is 130 Å². The lowest BCUT2D eigenvalue weighted by Crippen LogP contribution is -2.18. The van der Waals surface area contributed by atoms with Crippen LogP contribution in [0, 0.1) is 25.2 Å². The first-order chi connectivity index (χ1) is 10.6. The zero-order chi connectivity index (χ0) is 16.1. The molecule has 0 amide bonds. The standard InChI is InChI=1S/C17H21N3O2/c1-11-6-12(2)16-15(7-11)17(13(8-18)9-20-16)19-5-4-14(21)10-22-3/h6-7,9,14,21H,4-5,10H2,1-3H3,(H,19,20). The number of anilines is 1. The summed E-state index contributed by atoms with van der Waals surface area (Å²) in [6.07, 6.45) is 1.63. The van der Waals surface area contributed by atoms with E-state index in [9.17, 15) is 10.4 Å². The summed E-state index contributed by atoms with van der Waals surface area (Å²) in [5.74, 6) is 0. The third kappa shape index (κ3) is 3.53. The number of aromatic nitrogens is 1. The topological polar surface area (TPSA) is 78.2 Å². The number of aliphatic hydroxyl groups is 1. The highest BCUT2D eigenvalue weighted by Crippen LogP contribution is 2.28. The van der Waals surface area contributed by atoms with Gasteiger partial charge in [0.15, 0.2) is 0 Å². The van der Waals surface area contributed by atoms with Crippen molar-refractivity contribution < 1.29 is 9.84 Å². The smallest absolute Gasteiger partial charge is 0.103 e. The molecule has 1 aromatic carbocycles. The molecule has 5 nitrogen and oxygen atoms in total. The van der Waals surface area contributed by atoms with Crippen LogP contribution < -0.4 is 5.32 Å². The van der Waals surface area contributed by atoms with E-state index in [1.165, 1.54) is 0 Å². The first-order valence-corrected chi connectivity index (χ1v) is 7.27. The van der Waals surface area contributed by atoms with Crippen LogP contribution in [0.2, 0.25) is 0 Å². The molecular weight excluding hydrogens is 278 g/mol. The summed E-state index contributed by atoms with van der Waals surface area (Å²) in [6.45, 7) is 4.91. The highest BCUT2D eigenvalue weighted by molar-refractivity contribution is 5.96. The average Bonchev–Trinajstić information content (AvgIpc) is 2.47. The molecule has 1 heterocycles. The van der Waals surface area contributed by atoms with Gasteiger partial charge in [-0.05, 0) is 31.9 Å². The van der Waals surface area contributed by atoms with Crippen molar-refractivity contribution in [3.8, 4) is 6.07 Å². The molecule has 5 heteroatoms. The van der Waals surface area contributed by atoms with Crippen molar-refractivity contribution in [1.29, 1.82) is 5.26 Å². The van der Waals surface area contributed by atoms with E-state index in [4.69, 9.17) is 4.74 Å². The molecule has 22 heavy (non-hydrogen) atoms. The summed E-state index contributed by atoms with van der Waals surface area (Å²) >= 11 is 0. The molecule has 0 bridgehead atoms. The van der Waals surface area contributed by atoms with Gasteiger partial charge in [-0.15, -0.1) is 0 Å². The van der Waals surface area contributed by atoms with Gasteiger partial charge in [0.25, 0.3) is 0 Å². The van der Waals surface area contributed by atoms with Gasteiger partial charge in [0.05, 0.1) is 29.5 Å². The molecule has 1 aromatic heterocycles. The van der Waals surface area contributed by atoms with Crippen LogP contribution in [0.15, 0.2) is 18.3 Å². The maximum absolute atomic E-state index is 9.71. The first-order valence-electron chi connectivity index (χ1n) is 7.27. The number of methoxy groups -OCH3 is 1. The molecule has 2 aromatic rings. The van der Waals surface area contributed by atoms with Gasteiger partial charge in [-0.25, -0.2) is 0 Å². The van der Waals surface area contributed by atoms with Gasteiger partial charge in [0.2, 0.25) is 0 Å². The summed E-state index contributed by atoms with van der Waals surface area (Å²) in [5, 5.41) is 23.2. The number of nitrogens with zero attached hydrogens (tertiary/aromatic N) is 2. The predicted molar refractivity (Wildman–Crippen MR) is 86.9 cm³/mol. The van der Waals surface area contributed by atoms with Crippen LogP contribution in [-0.4, -0.2) is 36.5 Å². The lowest BCUT2D eigenvalue weighted by atomic mass is 10.0. The van der Waals surface area contributed by atoms with E-state index in [0.717, 1.165) is 27.7 Å². The number of fused-ring (bicyclic) bond motifs is 1. The minimum absolute atomic E-state index is 0.308. The lowest BCUT2D eigenvalue weighted by molar-refractivity contribution is 0.0615.